The van der Waals surface area contributed by atoms with E-state index in [-0.39, 0.29) is 0 Å². The summed E-state index contributed by atoms with van der Waals surface area (Å²) in [5, 5.41) is 5.99. The number of fused-ring (bicyclic) bond motifs is 1. The number of benzene rings is 3. The van der Waals surface area contributed by atoms with Crippen LogP contribution in [0, 0.1) is 0 Å². The maximum Gasteiger partial charge on any atom is 0.119 e. The van der Waals surface area contributed by atoms with Gasteiger partial charge in [0, 0.05) is 19.8 Å². The average molecular weight is 406 g/mol. The Kier molecular flexibility index (Phi) is 10.3. The van der Waals surface area contributed by atoms with E-state index in [1.807, 2.05) is 0 Å². The minimum Gasteiger partial charge on any atom is -0.494 e. The minimum atomic E-state index is 0.748. The molecule has 0 unspecified atom stereocenters. The topological polar surface area (TPSA) is 30.5 Å². The third kappa shape index (κ3) is 8.56. The van der Waals surface area contributed by atoms with Crippen LogP contribution in [-0.2, 0) is 11.3 Å². The summed E-state index contributed by atoms with van der Waals surface area (Å²) in [5.74, 6) is 0.952. The molecule has 0 fully saturated rings. The van der Waals surface area contributed by atoms with Crippen LogP contribution in [0.1, 0.15) is 44.1 Å². The van der Waals surface area contributed by atoms with Gasteiger partial charge in [-0.1, -0.05) is 73.5 Å². The van der Waals surface area contributed by atoms with Gasteiger partial charge < -0.3 is 14.8 Å². The lowest BCUT2D eigenvalue weighted by atomic mass is 10.1. The van der Waals surface area contributed by atoms with Crippen LogP contribution in [0.25, 0.3) is 10.8 Å². The fraction of sp³-hybridized carbons (Fsp3) is 0.407. The number of rotatable bonds is 15. The lowest BCUT2D eigenvalue weighted by Crippen LogP contribution is -2.14. The summed E-state index contributed by atoms with van der Waals surface area (Å²) in [7, 11) is 0. The molecule has 160 valence electrons. The molecule has 0 heterocycles. The SMILES string of the molecule is c1ccc(CNCCCCCCOCCCCOc2ccc3ccccc3c2)cc1. The van der Waals surface area contributed by atoms with Crippen molar-refractivity contribution in [2.45, 2.75) is 45.1 Å². The molecule has 0 aliphatic carbocycles. The van der Waals surface area contributed by atoms with Crippen molar-refractivity contribution in [1.82, 2.24) is 5.32 Å². The second kappa shape index (κ2) is 13.8. The van der Waals surface area contributed by atoms with Crippen molar-refractivity contribution < 1.29 is 9.47 Å². The number of nitrogens with one attached hydrogen (secondary N) is 1. The van der Waals surface area contributed by atoms with Crippen molar-refractivity contribution in [2.75, 3.05) is 26.4 Å². The van der Waals surface area contributed by atoms with E-state index in [2.05, 4.69) is 78.1 Å². The van der Waals surface area contributed by atoms with Crippen molar-refractivity contribution in [3.8, 4) is 5.75 Å². The fourth-order valence-corrected chi connectivity index (χ4v) is 3.49. The first kappa shape index (κ1) is 22.3. The van der Waals surface area contributed by atoms with Crippen LogP contribution in [-0.4, -0.2) is 26.4 Å². The van der Waals surface area contributed by atoms with Gasteiger partial charge >= 0.3 is 0 Å². The highest BCUT2D eigenvalue weighted by Gasteiger charge is 1.98. The molecule has 0 spiro atoms. The van der Waals surface area contributed by atoms with E-state index < -0.39 is 0 Å². The molecule has 0 saturated carbocycles. The molecule has 3 nitrogen and oxygen atoms in total. The summed E-state index contributed by atoms with van der Waals surface area (Å²) in [6.07, 6.45) is 6.99. The van der Waals surface area contributed by atoms with Gasteiger partial charge in [0.05, 0.1) is 6.61 Å². The normalized spacial score (nSPS) is 11.1. The first-order valence-electron chi connectivity index (χ1n) is 11.4. The van der Waals surface area contributed by atoms with E-state index in [4.69, 9.17) is 9.47 Å². The molecule has 3 aromatic carbocycles. The van der Waals surface area contributed by atoms with Crippen molar-refractivity contribution in [2.24, 2.45) is 0 Å². The molecule has 30 heavy (non-hydrogen) atoms. The zero-order valence-electron chi connectivity index (χ0n) is 18.0. The molecule has 0 amide bonds. The van der Waals surface area contributed by atoms with E-state index in [0.717, 1.165) is 57.9 Å². The molecule has 3 heteroatoms. The number of ether oxygens (including phenoxy) is 2. The Labute approximate surface area is 181 Å². The Morgan fingerprint density at radius 2 is 1.30 bits per heavy atom. The van der Waals surface area contributed by atoms with Crippen molar-refractivity contribution in [1.29, 1.82) is 0 Å². The van der Waals surface area contributed by atoms with Crippen molar-refractivity contribution >= 4 is 10.8 Å². The van der Waals surface area contributed by atoms with Gasteiger partial charge in [0.25, 0.3) is 0 Å². The Morgan fingerprint density at radius 1 is 0.600 bits per heavy atom. The maximum absolute atomic E-state index is 5.87. The molecule has 3 rings (SSSR count). The molecular weight excluding hydrogens is 370 g/mol. The highest BCUT2D eigenvalue weighted by Crippen LogP contribution is 2.20. The van der Waals surface area contributed by atoms with Gasteiger partial charge in [-0.2, -0.15) is 0 Å². The molecule has 1 N–H and O–H groups in total. The van der Waals surface area contributed by atoms with Crippen molar-refractivity contribution in [3.63, 3.8) is 0 Å². The Bertz CT molecular complexity index is 834. The Balaban J connectivity index is 1.09. The largest absolute Gasteiger partial charge is 0.494 e. The molecule has 0 radical (unpaired) electrons. The zero-order chi connectivity index (χ0) is 20.7. The summed E-state index contributed by atoms with van der Waals surface area (Å²) >= 11 is 0. The van der Waals surface area contributed by atoms with Gasteiger partial charge in [-0.25, -0.2) is 0 Å². The molecule has 0 atom stereocenters. The fourth-order valence-electron chi connectivity index (χ4n) is 3.49. The lowest BCUT2D eigenvalue weighted by Gasteiger charge is -2.08. The van der Waals surface area contributed by atoms with Gasteiger partial charge in [0.1, 0.15) is 5.75 Å². The first-order valence-corrected chi connectivity index (χ1v) is 11.4. The molecule has 3 aromatic rings. The van der Waals surface area contributed by atoms with Crippen LogP contribution in [0.15, 0.2) is 72.8 Å². The molecule has 0 saturated heterocycles. The third-order valence-electron chi connectivity index (χ3n) is 5.24. The smallest absolute Gasteiger partial charge is 0.119 e. The molecule has 0 aliphatic rings. The van der Waals surface area contributed by atoms with Crippen LogP contribution in [0.3, 0.4) is 0 Å². The first-order chi connectivity index (χ1) is 14.9. The van der Waals surface area contributed by atoms with Gasteiger partial charge in [-0.3, -0.25) is 0 Å². The molecule has 0 bridgehead atoms. The summed E-state index contributed by atoms with van der Waals surface area (Å²) in [4.78, 5) is 0. The summed E-state index contributed by atoms with van der Waals surface area (Å²) in [6.45, 7) is 4.52. The second-order valence-electron chi connectivity index (χ2n) is 7.75. The van der Waals surface area contributed by atoms with E-state index in [1.54, 1.807) is 0 Å². The quantitative estimate of drug-likeness (QED) is 0.298. The minimum absolute atomic E-state index is 0.748. The van der Waals surface area contributed by atoms with E-state index in [1.165, 1.54) is 35.6 Å². The highest BCUT2D eigenvalue weighted by atomic mass is 16.5. The van der Waals surface area contributed by atoms with E-state index in [9.17, 15) is 0 Å². The number of hydrogen-bond acceptors (Lipinski definition) is 3. The Hall–Kier alpha value is -2.36. The zero-order valence-corrected chi connectivity index (χ0v) is 18.0. The lowest BCUT2D eigenvalue weighted by molar-refractivity contribution is 0.122. The standard InChI is InChI=1S/C27H35NO2/c1(8-18-28-23-24-12-4-3-5-13-24)2-9-19-29-20-10-11-21-30-27-17-16-25-14-6-7-15-26(25)22-27/h3-7,12-17,22,28H,1-2,8-11,18-21,23H2. The summed E-state index contributed by atoms with van der Waals surface area (Å²) in [6, 6.07) is 25.2. The third-order valence-corrected chi connectivity index (χ3v) is 5.24. The average Bonchev–Trinajstić information content (AvgIpc) is 2.80. The Morgan fingerprint density at radius 3 is 2.17 bits per heavy atom. The molecule has 0 aromatic heterocycles. The van der Waals surface area contributed by atoms with E-state index in [0.29, 0.717) is 0 Å². The molecule has 0 aliphatic heterocycles. The van der Waals surface area contributed by atoms with Gasteiger partial charge in [0.2, 0.25) is 0 Å². The van der Waals surface area contributed by atoms with Gasteiger partial charge in [0.15, 0.2) is 0 Å². The maximum atomic E-state index is 5.87. The molecular formula is C27H35NO2. The summed E-state index contributed by atoms with van der Waals surface area (Å²) in [5.41, 5.74) is 1.36. The van der Waals surface area contributed by atoms with Crippen LogP contribution < -0.4 is 10.1 Å². The monoisotopic (exact) mass is 405 g/mol. The van der Waals surface area contributed by atoms with Gasteiger partial charge in [-0.15, -0.1) is 0 Å². The number of unbranched alkanes of at least 4 members (excludes halogenated alkanes) is 4. The predicted molar refractivity (Wildman–Crippen MR) is 126 cm³/mol. The predicted octanol–water partition coefficient (Wildman–Crippen LogP) is 6.37. The summed E-state index contributed by atoms with van der Waals surface area (Å²) < 4.78 is 11.6. The number of hydrogen-bond donors (Lipinski definition) is 1. The second-order valence-corrected chi connectivity index (χ2v) is 7.75. The van der Waals surface area contributed by atoms with Crippen molar-refractivity contribution in [3.05, 3.63) is 78.4 Å². The highest BCUT2D eigenvalue weighted by molar-refractivity contribution is 5.83. The van der Waals surface area contributed by atoms with Crippen LogP contribution >= 0.6 is 0 Å². The van der Waals surface area contributed by atoms with Crippen LogP contribution in [0.2, 0.25) is 0 Å². The van der Waals surface area contributed by atoms with Crippen LogP contribution in [0.4, 0.5) is 0 Å². The van der Waals surface area contributed by atoms with E-state index >= 15 is 0 Å². The van der Waals surface area contributed by atoms with Crippen LogP contribution in [0.5, 0.6) is 5.75 Å². The van der Waals surface area contributed by atoms with Gasteiger partial charge in [-0.05, 0) is 60.7 Å².